The van der Waals surface area contributed by atoms with E-state index < -0.39 is 0 Å². The summed E-state index contributed by atoms with van der Waals surface area (Å²) in [7, 11) is 0. The van der Waals surface area contributed by atoms with Gasteiger partial charge in [0.1, 0.15) is 0 Å². The first kappa shape index (κ1) is 17.2. The van der Waals surface area contributed by atoms with Crippen LogP contribution in [0.4, 0.5) is 4.79 Å². The fourth-order valence-corrected chi connectivity index (χ4v) is 3.15. The van der Waals surface area contributed by atoms with Crippen LogP contribution in [0.2, 0.25) is 0 Å². The average Bonchev–Trinajstić information content (AvgIpc) is 3.36. The Morgan fingerprint density at radius 3 is 3.07 bits per heavy atom. The fourth-order valence-electron chi connectivity index (χ4n) is 3.15. The summed E-state index contributed by atoms with van der Waals surface area (Å²) in [6.07, 6.45) is 5.17. The summed E-state index contributed by atoms with van der Waals surface area (Å²) >= 11 is 0. The molecule has 0 unspecified atom stereocenters. The maximum atomic E-state index is 12.5. The van der Waals surface area contributed by atoms with E-state index in [0.717, 1.165) is 24.1 Å². The lowest BCUT2D eigenvalue weighted by Crippen LogP contribution is -2.44. The van der Waals surface area contributed by atoms with Gasteiger partial charge in [-0.3, -0.25) is 4.98 Å². The summed E-state index contributed by atoms with van der Waals surface area (Å²) in [5.41, 5.74) is 1.60. The van der Waals surface area contributed by atoms with Crippen molar-refractivity contribution >= 4 is 6.03 Å². The van der Waals surface area contributed by atoms with E-state index in [9.17, 15) is 4.79 Å². The van der Waals surface area contributed by atoms with Crippen molar-refractivity contribution in [2.75, 3.05) is 13.1 Å². The van der Waals surface area contributed by atoms with E-state index in [-0.39, 0.29) is 11.9 Å². The third-order valence-electron chi connectivity index (χ3n) is 4.51. The minimum absolute atomic E-state index is 0.0231. The van der Waals surface area contributed by atoms with Gasteiger partial charge in [0.05, 0.1) is 18.2 Å². The minimum Gasteiger partial charge on any atom is -0.359 e. The molecule has 4 rings (SSSR count). The number of hydrogen-bond acceptors (Lipinski definition) is 7. The molecule has 1 fully saturated rings. The SMILES string of the molecule is Cc1cc(CNC(=O)N2CCC[C@@H](c3nc(-c4cccnc4)no3)C2)on1. The predicted octanol–water partition coefficient (Wildman–Crippen LogP) is 2.52. The number of amides is 2. The largest absolute Gasteiger partial charge is 0.359 e. The van der Waals surface area contributed by atoms with Gasteiger partial charge in [0.15, 0.2) is 5.76 Å². The molecule has 0 bridgehead atoms. The number of aryl methyl sites for hydroxylation is 1. The Labute approximate surface area is 155 Å². The zero-order valence-corrected chi connectivity index (χ0v) is 15.0. The number of carbonyl (C=O) groups excluding carboxylic acids is 1. The van der Waals surface area contributed by atoms with Crippen molar-refractivity contribution in [1.29, 1.82) is 0 Å². The summed E-state index contributed by atoms with van der Waals surface area (Å²) in [5, 5.41) is 10.7. The maximum absolute atomic E-state index is 12.5. The van der Waals surface area contributed by atoms with Gasteiger partial charge in [0.2, 0.25) is 11.7 Å². The van der Waals surface area contributed by atoms with Gasteiger partial charge in [-0.25, -0.2) is 4.79 Å². The number of urea groups is 1. The van der Waals surface area contributed by atoms with E-state index in [1.54, 1.807) is 23.4 Å². The van der Waals surface area contributed by atoms with Crippen molar-refractivity contribution in [2.45, 2.75) is 32.2 Å². The van der Waals surface area contributed by atoms with Crippen LogP contribution in [0.1, 0.15) is 36.1 Å². The molecule has 0 aliphatic carbocycles. The van der Waals surface area contributed by atoms with Crippen LogP contribution in [-0.2, 0) is 6.54 Å². The third kappa shape index (κ3) is 3.97. The molecule has 27 heavy (non-hydrogen) atoms. The van der Waals surface area contributed by atoms with Gasteiger partial charge in [0.25, 0.3) is 0 Å². The second-order valence-electron chi connectivity index (χ2n) is 6.58. The molecular weight excluding hydrogens is 348 g/mol. The van der Waals surface area contributed by atoms with Crippen LogP contribution < -0.4 is 5.32 Å². The molecule has 2 amide bonds. The summed E-state index contributed by atoms with van der Waals surface area (Å²) in [6, 6.07) is 5.37. The van der Waals surface area contributed by atoms with E-state index in [1.165, 1.54) is 0 Å². The number of aromatic nitrogens is 4. The molecule has 1 N–H and O–H groups in total. The lowest BCUT2D eigenvalue weighted by Gasteiger charge is -2.30. The molecule has 1 atom stereocenters. The molecule has 0 radical (unpaired) electrons. The Morgan fingerprint density at radius 2 is 2.30 bits per heavy atom. The maximum Gasteiger partial charge on any atom is 0.317 e. The van der Waals surface area contributed by atoms with Crippen molar-refractivity contribution in [3.8, 4) is 11.4 Å². The summed E-state index contributed by atoms with van der Waals surface area (Å²) in [5.74, 6) is 1.72. The van der Waals surface area contributed by atoms with Crippen LogP contribution in [0.15, 0.2) is 39.6 Å². The Hall–Kier alpha value is -3.23. The molecule has 4 heterocycles. The topological polar surface area (TPSA) is 110 Å². The summed E-state index contributed by atoms with van der Waals surface area (Å²) in [4.78, 5) is 22.8. The first-order valence-electron chi connectivity index (χ1n) is 8.88. The van der Waals surface area contributed by atoms with Gasteiger partial charge in [-0.15, -0.1) is 0 Å². The van der Waals surface area contributed by atoms with Crippen molar-refractivity contribution in [2.24, 2.45) is 0 Å². The van der Waals surface area contributed by atoms with Crippen LogP contribution in [-0.4, -0.2) is 44.3 Å². The minimum atomic E-state index is -0.138. The zero-order valence-electron chi connectivity index (χ0n) is 15.0. The highest BCUT2D eigenvalue weighted by molar-refractivity contribution is 5.74. The molecule has 1 saturated heterocycles. The normalized spacial score (nSPS) is 17.1. The third-order valence-corrected chi connectivity index (χ3v) is 4.51. The number of piperidine rings is 1. The van der Waals surface area contributed by atoms with E-state index in [0.29, 0.717) is 37.1 Å². The Kier molecular flexibility index (Phi) is 4.82. The van der Waals surface area contributed by atoms with Gasteiger partial charge < -0.3 is 19.3 Å². The lowest BCUT2D eigenvalue weighted by molar-refractivity contribution is 0.170. The first-order valence-corrected chi connectivity index (χ1v) is 8.88. The van der Waals surface area contributed by atoms with Crippen molar-refractivity contribution < 1.29 is 13.8 Å². The van der Waals surface area contributed by atoms with Gasteiger partial charge >= 0.3 is 6.03 Å². The van der Waals surface area contributed by atoms with Gasteiger partial charge in [-0.2, -0.15) is 4.98 Å². The van der Waals surface area contributed by atoms with E-state index in [2.05, 4.69) is 25.6 Å². The predicted molar refractivity (Wildman–Crippen MR) is 94.6 cm³/mol. The molecular formula is C18H20N6O3. The second kappa shape index (κ2) is 7.56. The standard InChI is InChI=1S/C18H20N6O3/c1-12-8-15(26-22-12)10-20-18(25)24-7-3-5-14(11-24)17-21-16(23-27-17)13-4-2-6-19-9-13/h2,4,6,8-9,14H,3,5,7,10-11H2,1H3,(H,20,25)/t14-/m1/s1. The van der Waals surface area contributed by atoms with Gasteiger partial charge in [-0.05, 0) is 31.9 Å². The number of nitrogens with one attached hydrogen (secondary N) is 1. The van der Waals surface area contributed by atoms with Crippen LogP contribution in [0.3, 0.4) is 0 Å². The first-order chi connectivity index (χ1) is 13.2. The molecule has 1 aliphatic rings. The summed E-state index contributed by atoms with van der Waals surface area (Å²) < 4.78 is 10.6. The van der Waals surface area contributed by atoms with Crippen LogP contribution in [0.25, 0.3) is 11.4 Å². The molecule has 0 saturated carbocycles. The molecule has 140 valence electrons. The summed E-state index contributed by atoms with van der Waals surface area (Å²) in [6.45, 7) is 3.39. The molecule has 3 aromatic heterocycles. The molecule has 3 aromatic rings. The monoisotopic (exact) mass is 368 g/mol. The second-order valence-corrected chi connectivity index (χ2v) is 6.58. The molecule has 1 aliphatic heterocycles. The van der Waals surface area contributed by atoms with Crippen molar-refractivity contribution in [3.05, 3.63) is 47.9 Å². The van der Waals surface area contributed by atoms with Gasteiger partial charge in [-0.1, -0.05) is 10.3 Å². The number of rotatable bonds is 4. The highest BCUT2D eigenvalue weighted by atomic mass is 16.5. The molecule has 9 nitrogen and oxygen atoms in total. The highest BCUT2D eigenvalue weighted by Crippen LogP contribution is 2.27. The Morgan fingerprint density at radius 1 is 1.37 bits per heavy atom. The van der Waals surface area contributed by atoms with Crippen LogP contribution in [0, 0.1) is 6.92 Å². The Bertz CT molecular complexity index is 907. The Balaban J connectivity index is 1.38. The number of likely N-dealkylation sites (tertiary alicyclic amines) is 1. The number of carbonyl (C=O) groups is 1. The van der Waals surface area contributed by atoms with Crippen LogP contribution in [0.5, 0.6) is 0 Å². The zero-order chi connectivity index (χ0) is 18.6. The van der Waals surface area contributed by atoms with Crippen molar-refractivity contribution in [3.63, 3.8) is 0 Å². The number of pyridine rings is 1. The van der Waals surface area contributed by atoms with Crippen molar-refractivity contribution in [1.82, 2.24) is 30.5 Å². The quantitative estimate of drug-likeness (QED) is 0.753. The number of nitrogens with zero attached hydrogens (tertiary/aromatic N) is 5. The highest BCUT2D eigenvalue weighted by Gasteiger charge is 2.28. The molecule has 0 aromatic carbocycles. The fraction of sp³-hybridized carbons (Fsp3) is 0.389. The molecule has 0 spiro atoms. The number of hydrogen-bond donors (Lipinski definition) is 1. The van der Waals surface area contributed by atoms with E-state index in [1.807, 2.05) is 19.1 Å². The van der Waals surface area contributed by atoms with E-state index in [4.69, 9.17) is 9.05 Å². The lowest BCUT2D eigenvalue weighted by atomic mass is 9.98. The van der Waals surface area contributed by atoms with E-state index >= 15 is 0 Å². The van der Waals surface area contributed by atoms with Crippen LogP contribution >= 0.6 is 0 Å². The average molecular weight is 368 g/mol. The smallest absolute Gasteiger partial charge is 0.317 e. The van der Waals surface area contributed by atoms with Gasteiger partial charge in [0, 0.05) is 37.1 Å². The molecule has 9 heteroatoms.